The van der Waals surface area contributed by atoms with E-state index in [-0.39, 0.29) is 75.4 Å². The number of nitrogens with zero attached hydrogens (tertiary/aromatic N) is 5. The van der Waals surface area contributed by atoms with Crippen LogP contribution < -0.4 is 15.4 Å². The Labute approximate surface area is 282 Å². The van der Waals surface area contributed by atoms with Crippen LogP contribution in [0.25, 0.3) is 0 Å². The average Bonchev–Trinajstić information content (AvgIpc) is 3.29. The molecule has 1 aliphatic carbocycles. The van der Waals surface area contributed by atoms with Crippen molar-refractivity contribution in [2.45, 2.75) is 77.9 Å². The molecule has 0 radical (unpaired) electrons. The number of aliphatic hydroxyl groups excluding tert-OH is 1. The summed E-state index contributed by atoms with van der Waals surface area (Å²) in [6, 6.07) is 7.64. The summed E-state index contributed by atoms with van der Waals surface area (Å²) < 4.78 is 7.84. The zero-order valence-electron chi connectivity index (χ0n) is 28.4. The molecule has 5 rings (SSSR count). The third-order valence-electron chi connectivity index (χ3n) is 9.35. The zero-order valence-corrected chi connectivity index (χ0v) is 28.4. The number of carbonyl (C=O) groups is 4. The van der Waals surface area contributed by atoms with Gasteiger partial charge in [-0.15, -0.1) is 0 Å². The molecule has 1 aromatic carbocycles. The molecule has 0 fully saturated rings. The molecular weight excluding hydrogens is 614 g/mol. The van der Waals surface area contributed by atoms with Gasteiger partial charge in [-0.3, -0.25) is 28.8 Å². The Morgan fingerprint density at radius 2 is 1.92 bits per heavy atom. The molecule has 13 heteroatoms. The summed E-state index contributed by atoms with van der Waals surface area (Å²) in [5.41, 5.74) is 3.28. The summed E-state index contributed by atoms with van der Waals surface area (Å²) in [6.07, 6.45) is 3.72. The maximum Gasteiger partial charge on any atom is 0.272 e. The van der Waals surface area contributed by atoms with Gasteiger partial charge in [0, 0.05) is 81.7 Å². The van der Waals surface area contributed by atoms with Gasteiger partial charge in [0.2, 0.25) is 17.7 Å². The van der Waals surface area contributed by atoms with E-state index in [0.29, 0.717) is 76.5 Å². The molecule has 0 saturated carbocycles. The number of hydrogen-bond acceptors (Lipinski definition) is 8. The molecule has 262 valence electrons. The van der Waals surface area contributed by atoms with Crippen LogP contribution >= 0.6 is 0 Å². The highest BCUT2D eigenvalue weighted by atomic mass is 16.5. The number of rotatable bonds is 8. The first kappa shape index (κ1) is 35.3. The normalized spacial score (nSPS) is 20.0. The standard InChI is InChI=1S/C35H51N7O6/c1-25(2)12-16-42-29-11-10-27-21-28(29)34(38-42)35(47)36-13-17-40(14-5-9-32(45)41(15-6-19-43)23-31(44)37-27)33(46)24-39-18-20-48-30-8-4-3-7-26(30)22-39/h3-4,7-8,25,27,43H,5-6,9-24H2,1-2H3,(H,36,47)(H,37,44). The smallest absolute Gasteiger partial charge is 0.272 e. The molecule has 4 amide bonds. The van der Waals surface area contributed by atoms with Crippen molar-refractivity contribution in [1.82, 2.24) is 35.1 Å². The fourth-order valence-electron chi connectivity index (χ4n) is 6.69. The number of carbonyl (C=O) groups excluding carboxylic acids is 4. The molecular formula is C35H51N7O6. The van der Waals surface area contributed by atoms with Gasteiger partial charge in [-0.1, -0.05) is 32.0 Å². The molecule has 0 saturated heterocycles. The third kappa shape index (κ3) is 9.34. The summed E-state index contributed by atoms with van der Waals surface area (Å²) in [7, 11) is 0. The van der Waals surface area contributed by atoms with Crippen LogP contribution in [0.2, 0.25) is 0 Å². The number of nitrogens with one attached hydrogen (secondary N) is 2. The number of aromatic nitrogens is 2. The summed E-state index contributed by atoms with van der Waals surface area (Å²) in [5, 5.41) is 20.3. The number of fused-ring (bicyclic) bond motifs is 2. The lowest BCUT2D eigenvalue weighted by Crippen LogP contribution is -2.46. The molecule has 1 unspecified atom stereocenters. The number of hydrogen-bond donors (Lipinski definition) is 3. The Balaban J connectivity index is 1.35. The SMILES string of the molecule is CC(C)CCn1nc2c3c1CCC(C3)NC(=O)CN(CCCO)C(=O)CCCN(C(=O)CN1CCOc3ccccc3C1)CCNC2=O. The van der Waals surface area contributed by atoms with Crippen LogP contribution in [0, 0.1) is 5.92 Å². The second-order valence-electron chi connectivity index (χ2n) is 13.5. The van der Waals surface area contributed by atoms with Crippen LogP contribution in [0.1, 0.15) is 73.3 Å². The highest BCUT2D eigenvalue weighted by Crippen LogP contribution is 2.26. The summed E-state index contributed by atoms with van der Waals surface area (Å²) in [6.45, 7) is 7.77. The van der Waals surface area contributed by atoms with E-state index in [2.05, 4.69) is 29.4 Å². The lowest BCUT2D eigenvalue weighted by molar-refractivity contribution is -0.137. The average molecular weight is 666 g/mol. The van der Waals surface area contributed by atoms with E-state index < -0.39 is 0 Å². The number of amides is 4. The first-order valence-corrected chi connectivity index (χ1v) is 17.5. The van der Waals surface area contributed by atoms with Crippen molar-refractivity contribution >= 4 is 23.6 Å². The minimum absolute atomic E-state index is 0.0876. The van der Waals surface area contributed by atoms with Gasteiger partial charge in [0.1, 0.15) is 12.4 Å². The number of aliphatic hydroxyl groups is 1. The van der Waals surface area contributed by atoms with Crippen LogP contribution in [-0.4, -0.2) is 118 Å². The lowest BCUT2D eigenvalue weighted by Gasteiger charge is -2.28. The van der Waals surface area contributed by atoms with E-state index in [1.165, 1.54) is 4.90 Å². The van der Waals surface area contributed by atoms with E-state index in [9.17, 15) is 24.3 Å². The topological polar surface area (TPSA) is 149 Å². The molecule has 13 nitrogen and oxygen atoms in total. The number of benzene rings is 1. The van der Waals surface area contributed by atoms with Gasteiger partial charge in [0.05, 0.1) is 13.1 Å². The van der Waals surface area contributed by atoms with Crippen LogP contribution in [0.15, 0.2) is 24.3 Å². The maximum absolute atomic E-state index is 13.7. The minimum atomic E-state index is -0.287. The minimum Gasteiger partial charge on any atom is -0.492 e. The van der Waals surface area contributed by atoms with Gasteiger partial charge >= 0.3 is 0 Å². The molecule has 3 N–H and O–H groups in total. The summed E-state index contributed by atoms with van der Waals surface area (Å²) >= 11 is 0. The molecule has 2 bridgehead atoms. The van der Waals surface area contributed by atoms with Crippen molar-refractivity contribution in [3.8, 4) is 5.75 Å². The van der Waals surface area contributed by atoms with E-state index in [0.717, 1.165) is 29.0 Å². The Morgan fingerprint density at radius 3 is 2.73 bits per heavy atom. The van der Waals surface area contributed by atoms with E-state index in [1.54, 1.807) is 4.90 Å². The fraction of sp³-hybridized carbons (Fsp3) is 0.629. The van der Waals surface area contributed by atoms with Crippen molar-refractivity contribution < 1.29 is 29.0 Å². The van der Waals surface area contributed by atoms with E-state index >= 15 is 0 Å². The highest BCUT2D eigenvalue weighted by Gasteiger charge is 2.31. The molecule has 3 heterocycles. The monoisotopic (exact) mass is 665 g/mol. The molecule has 3 aliphatic rings. The van der Waals surface area contributed by atoms with Crippen LogP contribution in [-0.2, 0) is 40.3 Å². The summed E-state index contributed by atoms with van der Waals surface area (Å²) in [5.74, 6) is 0.470. The van der Waals surface area contributed by atoms with Crippen LogP contribution in [0.3, 0.4) is 0 Å². The van der Waals surface area contributed by atoms with Gasteiger partial charge < -0.3 is 30.3 Å². The van der Waals surface area contributed by atoms with Gasteiger partial charge in [-0.2, -0.15) is 5.10 Å². The Kier molecular flexibility index (Phi) is 12.5. The van der Waals surface area contributed by atoms with E-state index in [1.807, 2.05) is 28.9 Å². The molecule has 2 aromatic rings. The third-order valence-corrected chi connectivity index (χ3v) is 9.35. The summed E-state index contributed by atoms with van der Waals surface area (Å²) in [4.78, 5) is 59.1. The van der Waals surface area contributed by atoms with Crippen molar-refractivity contribution in [2.24, 2.45) is 5.92 Å². The zero-order chi connectivity index (χ0) is 34.0. The first-order chi connectivity index (χ1) is 23.2. The Morgan fingerprint density at radius 1 is 1.08 bits per heavy atom. The van der Waals surface area contributed by atoms with Gasteiger partial charge in [0.25, 0.3) is 5.91 Å². The molecule has 48 heavy (non-hydrogen) atoms. The molecule has 2 aliphatic heterocycles. The predicted molar refractivity (Wildman–Crippen MR) is 179 cm³/mol. The quantitative estimate of drug-likeness (QED) is 0.383. The largest absolute Gasteiger partial charge is 0.492 e. The molecule has 1 atom stereocenters. The van der Waals surface area contributed by atoms with Crippen LogP contribution in [0.4, 0.5) is 0 Å². The fourth-order valence-corrected chi connectivity index (χ4v) is 6.69. The first-order valence-electron chi connectivity index (χ1n) is 17.5. The van der Waals surface area contributed by atoms with E-state index in [4.69, 9.17) is 9.84 Å². The van der Waals surface area contributed by atoms with Crippen molar-refractivity contribution in [2.75, 3.05) is 59.0 Å². The van der Waals surface area contributed by atoms with Crippen molar-refractivity contribution in [1.29, 1.82) is 0 Å². The maximum atomic E-state index is 13.7. The molecule has 0 spiro atoms. The Bertz CT molecular complexity index is 1440. The van der Waals surface area contributed by atoms with Gasteiger partial charge in [0.15, 0.2) is 5.69 Å². The molecule has 1 aromatic heterocycles. The second-order valence-corrected chi connectivity index (χ2v) is 13.5. The predicted octanol–water partition coefficient (Wildman–Crippen LogP) is 1.36. The van der Waals surface area contributed by atoms with Gasteiger partial charge in [-0.25, -0.2) is 0 Å². The van der Waals surface area contributed by atoms with Crippen molar-refractivity contribution in [3.63, 3.8) is 0 Å². The van der Waals surface area contributed by atoms with Crippen LogP contribution in [0.5, 0.6) is 5.75 Å². The van der Waals surface area contributed by atoms with Gasteiger partial charge in [-0.05, 0) is 50.5 Å². The lowest BCUT2D eigenvalue weighted by atomic mass is 9.91. The highest BCUT2D eigenvalue weighted by molar-refractivity contribution is 5.94. The number of aryl methyl sites for hydroxylation is 1. The number of para-hydroxylation sites is 1. The van der Waals surface area contributed by atoms with Crippen molar-refractivity contribution in [3.05, 3.63) is 46.8 Å². The number of ether oxygens (including phenoxy) is 1. The second kappa shape index (κ2) is 16.9. The Hall–Kier alpha value is -3.97.